The normalized spacial score (nSPS) is 16.6. The predicted molar refractivity (Wildman–Crippen MR) is 97.5 cm³/mol. The molecule has 2 amide bonds. The molecule has 1 unspecified atom stereocenters. The summed E-state index contributed by atoms with van der Waals surface area (Å²) >= 11 is 1.75. The zero-order valence-corrected chi connectivity index (χ0v) is 14.3. The Hall–Kier alpha value is -2.05. The largest absolute Gasteiger partial charge is 0.394 e. The maximum absolute atomic E-state index is 12.2. The summed E-state index contributed by atoms with van der Waals surface area (Å²) in [4.78, 5) is 14.6. The third kappa shape index (κ3) is 4.27. The number of hydrogen-bond donors (Lipinski definition) is 3. The van der Waals surface area contributed by atoms with Crippen LogP contribution in [0.15, 0.2) is 47.8 Å². The fraction of sp³-hybridized carbons (Fsp3) is 0.389. The standard InChI is InChI=1S/C18H23N3O2S/c22-13-16(14-5-2-1-3-6-14)20-18(23)19-15-8-10-21(11-9-15)17-7-4-12-24-17/h1-7,12,15-16,22H,8-11,13H2,(H2,19,20,23). The topological polar surface area (TPSA) is 64.6 Å². The molecule has 3 rings (SSSR count). The van der Waals surface area contributed by atoms with Gasteiger partial charge in [0.15, 0.2) is 0 Å². The quantitative estimate of drug-likeness (QED) is 0.781. The molecular formula is C18H23N3O2S. The van der Waals surface area contributed by atoms with Gasteiger partial charge in [0.05, 0.1) is 17.6 Å². The first-order valence-corrected chi connectivity index (χ1v) is 9.15. The molecule has 1 saturated heterocycles. The van der Waals surface area contributed by atoms with E-state index in [0.29, 0.717) is 0 Å². The first-order valence-electron chi connectivity index (χ1n) is 8.27. The summed E-state index contributed by atoms with van der Waals surface area (Å²) in [6.45, 7) is 1.79. The molecule has 1 aliphatic rings. The number of thiophene rings is 1. The van der Waals surface area contributed by atoms with Crippen molar-refractivity contribution in [1.82, 2.24) is 10.6 Å². The van der Waals surface area contributed by atoms with Crippen LogP contribution < -0.4 is 15.5 Å². The summed E-state index contributed by atoms with van der Waals surface area (Å²) in [5, 5.41) is 18.8. The van der Waals surface area contributed by atoms with E-state index in [1.165, 1.54) is 5.00 Å². The lowest BCUT2D eigenvalue weighted by molar-refractivity contribution is 0.212. The third-order valence-corrected chi connectivity index (χ3v) is 5.27. The Kier molecular flexibility index (Phi) is 5.72. The van der Waals surface area contributed by atoms with E-state index in [9.17, 15) is 9.90 Å². The van der Waals surface area contributed by atoms with Gasteiger partial charge >= 0.3 is 6.03 Å². The van der Waals surface area contributed by atoms with Gasteiger partial charge in [-0.1, -0.05) is 30.3 Å². The number of carbonyl (C=O) groups is 1. The van der Waals surface area contributed by atoms with Crippen molar-refractivity contribution in [3.8, 4) is 0 Å². The van der Waals surface area contributed by atoms with Crippen molar-refractivity contribution in [3.63, 3.8) is 0 Å². The molecule has 6 heteroatoms. The summed E-state index contributed by atoms with van der Waals surface area (Å²) < 4.78 is 0. The number of nitrogens with zero attached hydrogens (tertiary/aromatic N) is 1. The molecule has 0 aliphatic carbocycles. The van der Waals surface area contributed by atoms with Gasteiger partial charge < -0.3 is 20.6 Å². The van der Waals surface area contributed by atoms with Crippen LogP contribution in [0.1, 0.15) is 24.4 Å². The average Bonchev–Trinajstić information content (AvgIpc) is 3.16. The van der Waals surface area contributed by atoms with E-state index in [1.807, 2.05) is 30.3 Å². The van der Waals surface area contributed by atoms with E-state index in [0.717, 1.165) is 31.5 Å². The van der Waals surface area contributed by atoms with Gasteiger partial charge in [0.2, 0.25) is 0 Å². The Labute approximate surface area is 146 Å². The van der Waals surface area contributed by atoms with Crippen molar-refractivity contribution in [2.45, 2.75) is 24.9 Å². The highest BCUT2D eigenvalue weighted by atomic mass is 32.1. The predicted octanol–water partition coefficient (Wildman–Crippen LogP) is 2.75. The fourth-order valence-corrected chi connectivity index (χ4v) is 3.78. The molecule has 1 aliphatic heterocycles. The van der Waals surface area contributed by atoms with Gasteiger partial charge in [-0.2, -0.15) is 0 Å². The van der Waals surface area contributed by atoms with Crippen molar-refractivity contribution in [1.29, 1.82) is 0 Å². The molecule has 0 spiro atoms. The highest BCUT2D eigenvalue weighted by Gasteiger charge is 2.22. The first-order chi connectivity index (χ1) is 11.8. The molecule has 0 bridgehead atoms. The minimum absolute atomic E-state index is 0.117. The third-order valence-electron chi connectivity index (χ3n) is 4.34. The van der Waals surface area contributed by atoms with Gasteiger partial charge in [-0.25, -0.2) is 4.79 Å². The summed E-state index contributed by atoms with van der Waals surface area (Å²) in [5.41, 5.74) is 0.905. The maximum atomic E-state index is 12.2. The van der Waals surface area contributed by atoms with Crippen LogP contribution in [0.4, 0.5) is 9.80 Å². The van der Waals surface area contributed by atoms with Crippen LogP contribution in [0.25, 0.3) is 0 Å². The molecule has 2 heterocycles. The molecule has 1 aromatic carbocycles. The SMILES string of the molecule is O=C(NC1CCN(c2cccs2)CC1)NC(CO)c1ccccc1. The second-order valence-corrected chi connectivity index (χ2v) is 6.90. The summed E-state index contributed by atoms with van der Waals surface area (Å²) in [6, 6.07) is 13.3. The Morgan fingerprint density at radius 1 is 1.21 bits per heavy atom. The molecule has 3 N–H and O–H groups in total. The zero-order chi connectivity index (χ0) is 16.8. The van der Waals surface area contributed by atoms with E-state index in [1.54, 1.807) is 11.3 Å². The van der Waals surface area contributed by atoms with E-state index < -0.39 is 0 Å². The number of hydrogen-bond acceptors (Lipinski definition) is 4. The molecule has 5 nitrogen and oxygen atoms in total. The Morgan fingerprint density at radius 2 is 1.96 bits per heavy atom. The number of nitrogens with one attached hydrogen (secondary N) is 2. The molecular weight excluding hydrogens is 322 g/mol. The molecule has 2 aromatic rings. The highest BCUT2D eigenvalue weighted by molar-refractivity contribution is 7.14. The smallest absolute Gasteiger partial charge is 0.315 e. The Bertz CT molecular complexity index is 625. The van der Waals surface area contributed by atoms with Crippen molar-refractivity contribution < 1.29 is 9.90 Å². The van der Waals surface area contributed by atoms with E-state index in [2.05, 4.69) is 33.0 Å². The summed E-state index contributed by atoms with van der Waals surface area (Å²) in [6.07, 6.45) is 1.86. The Balaban J connectivity index is 1.47. The Morgan fingerprint density at radius 3 is 2.58 bits per heavy atom. The number of aliphatic hydroxyl groups excluding tert-OH is 1. The van der Waals surface area contributed by atoms with Crippen molar-refractivity contribution in [3.05, 3.63) is 53.4 Å². The minimum atomic E-state index is -0.377. The highest BCUT2D eigenvalue weighted by Crippen LogP contribution is 2.24. The molecule has 0 radical (unpaired) electrons. The molecule has 128 valence electrons. The van der Waals surface area contributed by atoms with Crippen LogP contribution in [0.2, 0.25) is 0 Å². The maximum Gasteiger partial charge on any atom is 0.315 e. The van der Waals surface area contributed by atoms with Gasteiger partial charge in [0.1, 0.15) is 0 Å². The van der Waals surface area contributed by atoms with E-state index in [-0.39, 0.29) is 24.7 Å². The summed E-state index contributed by atoms with van der Waals surface area (Å²) in [7, 11) is 0. The first kappa shape index (κ1) is 16.8. The lowest BCUT2D eigenvalue weighted by Gasteiger charge is -2.33. The lowest BCUT2D eigenvalue weighted by Crippen LogP contribution is -2.48. The lowest BCUT2D eigenvalue weighted by atomic mass is 10.1. The van der Waals surface area contributed by atoms with Gasteiger partial charge in [-0.05, 0) is 35.9 Å². The monoisotopic (exact) mass is 345 g/mol. The van der Waals surface area contributed by atoms with E-state index >= 15 is 0 Å². The van der Waals surface area contributed by atoms with Crippen molar-refractivity contribution in [2.24, 2.45) is 0 Å². The van der Waals surface area contributed by atoms with Gasteiger partial charge in [0.25, 0.3) is 0 Å². The van der Waals surface area contributed by atoms with Crippen LogP contribution in [0.5, 0.6) is 0 Å². The van der Waals surface area contributed by atoms with Crippen LogP contribution in [-0.2, 0) is 0 Å². The van der Waals surface area contributed by atoms with Crippen molar-refractivity contribution >= 4 is 22.4 Å². The van der Waals surface area contributed by atoms with Gasteiger partial charge in [0, 0.05) is 19.1 Å². The van der Waals surface area contributed by atoms with Gasteiger partial charge in [-0.15, -0.1) is 11.3 Å². The molecule has 1 fully saturated rings. The van der Waals surface area contributed by atoms with Crippen LogP contribution in [-0.4, -0.2) is 36.9 Å². The number of rotatable bonds is 5. The second kappa shape index (κ2) is 8.17. The molecule has 24 heavy (non-hydrogen) atoms. The zero-order valence-electron chi connectivity index (χ0n) is 13.5. The second-order valence-electron chi connectivity index (χ2n) is 5.98. The average molecular weight is 345 g/mol. The number of amides is 2. The minimum Gasteiger partial charge on any atom is -0.394 e. The number of urea groups is 1. The van der Waals surface area contributed by atoms with E-state index in [4.69, 9.17) is 0 Å². The van der Waals surface area contributed by atoms with Crippen LogP contribution >= 0.6 is 11.3 Å². The molecule has 1 aromatic heterocycles. The number of carbonyl (C=O) groups excluding carboxylic acids is 1. The van der Waals surface area contributed by atoms with Crippen molar-refractivity contribution in [2.75, 3.05) is 24.6 Å². The molecule has 0 saturated carbocycles. The fourth-order valence-electron chi connectivity index (χ4n) is 3.00. The summed E-state index contributed by atoms with van der Waals surface area (Å²) in [5.74, 6) is 0. The number of piperidine rings is 1. The van der Waals surface area contributed by atoms with Gasteiger partial charge in [-0.3, -0.25) is 0 Å². The number of benzene rings is 1. The van der Waals surface area contributed by atoms with Crippen LogP contribution in [0.3, 0.4) is 0 Å². The number of anilines is 1. The number of aliphatic hydroxyl groups is 1. The van der Waals surface area contributed by atoms with Crippen LogP contribution in [0, 0.1) is 0 Å². The molecule has 1 atom stereocenters.